The molecule has 0 unspecified atom stereocenters. The van der Waals surface area contributed by atoms with Crippen LogP contribution in [0.2, 0.25) is 0 Å². The molecule has 2 aliphatic carbocycles. The number of hydrogen-bond donors (Lipinski definition) is 2. The van der Waals surface area contributed by atoms with E-state index in [0.717, 1.165) is 18.8 Å². The van der Waals surface area contributed by atoms with Gasteiger partial charge in [0.05, 0.1) is 0 Å². The Morgan fingerprint density at radius 2 is 2.33 bits per heavy atom. The van der Waals surface area contributed by atoms with Crippen molar-refractivity contribution in [3.05, 3.63) is 18.0 Å². The Morgan fingerprint density at radius 3 is 2.87 bits per heavy atom. The lowest BCUT2D eigenvalue weighted by Crippen LogP contribution is -2.45. The Morgan fingerprint density at radius 1 is 1.53 bits per heavy atom. The summed E-state index contributed by atoms with van der Waals surface area (Å²) in [5.41, 5.74) is 0.673. The number of carbonyl (C=O) groups excluding carboxylic acids is 1. The van der Waals surface area contributed by atoms with Crippen LogP contribution in [0, 0.1) is 5.92 Å². The largest absolute Gasteiger partial charge is 0.345 e. The molecule has 15 heavy (non-hydrogen) atoms. The zero-order chi connectivity index (χ0) is 10.3. The number of nitrogens with one attached hydrogen (secondary N) is 2. The van der Waals surface area contributed by atoms with Crippen LogP contribution < -0.4 is 5.32 Å². The second-order valence-electron chi connectivity index (χ2n) is 4.85. The van der Waals surface area contributed by atoms with E-state index < -0.39 is 0 Å². The molecule has 80 valence electrons. The predicted molar refractivity (Wildman–Crippen MR) is 55.4 cm³/mol. The third kappa shape index (κ3) is 1.44. The summed E-state index contributed by atoms with van der Waals surface area (Å²) < 4.78 is 0. The van der Waals surface area contributed by atoms with Gasteiger partial charge in [-0.25, -0.2) is 0 Å². The van der Waals surface area contributed by atoms with Crippen LogP contribution >= 0.6 is 0 Å². The molecule has 0 aliphatic heterocycles. The van der Waals surface area contributed by atoms with Crippen molar-refractivity contribution in [2.75, 3.05) is 0 Å². The van der Waals surface area contributed by atoms with Gasteiger partial charge in [-0.3, -0.25) is 9.89 Å². The zero-order valence-electron chi connectivity index (χ0n) is 8.62. The second kappa shape index (κ2) is 3.08. The van der Waals surface area contributed by atoms with E-state index in [4.69, 9.17) is 0 Å². The van der Waals surface area contributed by atoms with E-state index in [1.165, 1.54) is 19.3 Å². The summed E-state index contributed by atoms with van der Waals surface area (Å²) in [5, 5.41) is 9.67. The SMILES string of the molecule is O=C(NC12CCC(CC1)C2)c1ccn[nH]1. The van der Waals surface area contributed by atoms with E-state index >= 15 is 0 Å². The van der Waals surface area contributed by atoms with Gasteiger partial charge >= 0.3 is 0 Å². The number of carbonyl (C=O) groups is 1. The Bertz CT molecular complexity index is 363. The molecule has 0 radical (unpaired) electrons. The van der Waals surface area contributed by atoms with E-state index in [2.05, 4.69) is 15.5 Å². The molecule has 2 fully saturated rings. The Hall–Kier alpha value is -1.32. The minimum absolute atomic E-state index is 0.00458. The summed E-state index contributed by atoms with van der Waals surface area (Å²) in [7, 11) is 0. The minimum Gasteiger partial charge on any atom is -0.345 e. The molecule has 1 heterocycles. The van der Waals surface area contributed by atoms with Gasteiger partial charge in [0, 0.05) is 11.7 Å². The monoisotopic (exact) mass is 205 g/mol. The molecule has 0 aromatic carbocycles. The fourth-order valence-corrected chi connectivity index (χ4v) is 3.06. The molecule has 3 rings (SSSR count). The summed E-state index contributed by atoms with van der Waals surface area (Å²) in [6, 6.07) is 1.72. The minimum atomic E-state index is -0.00458. The van der Waals surface area contributed by atoms with E-state index in [9.17, 15) is 4.79 Å². The molecular formula is C11H15N3O. The van der Waals surface area contributed by atoms with Crippen molar-refractivity contribution in [1.29, 1.82) is 0 Å². The molecule has 1 amide bonds. The van der Waals surface area contributed by atoms with E-state index in [1.54, 1.807) is 12.3 Å². The maximum atomic E-state index is 11.9. The molecule has 2 bridgehead atoms. The Labute approximate surface area is 88.4 Å². The lowest BCUT2D eigenvalue weighted by Gasteiger charge is -2.27. The van der Waals surface area contributed by atoms with Gasteiger partial charge in [-0.2, -0.15) is 5.10 Å². The highest BCUT2D eigenvalue weighted by atomic mass is 16.2. The summed E-state index contributed by atoms with van der Waals surface area (Å²) in [6.07, 6.45) is 7.65. The van der Waals surface area contributed by atoms with E-state index in [1.807, 2.05) is 0 Å². The van der Waals surface area contributed by atoms with Crippen molar-refractivity contribution in [3.8, 4) is 0 Å². The van der Waals surface area contributed by atoms with Crippen molar-refractivity contribution in [2.45, 2.75) is 37.6 Å². The van der Waals surface area contributed by atoms with Crippen LogP contribution in [0.25, 0.3) is 0 Å². The van der Waals surface area contributed by atoms with Crippen LogP contribution in [0.15, 0.2) is 12.3 Å². The third-order valence-corrected chi connectivity index (χ3v) is 3.87. The molecule has 2 saturated carbocycles. The molecule has 2 aliphatic rings. The van der Waals surface area contributed by atoms with Gasteiger partial charge in [0.2, 0.25) is 0 Å². The van der Waals surface area contributed by atoms with Crippen molar-refractivity contribution in [2.24, 2.45) is 5.92 Å². The van der Waals surface area contributed by atoms with Gasteiger partial charge in [0.25, 0.3) is 5.91 Å². The van der Waals surface area contributed by atoms with Gasteiger partial charge in [-0.15, -0.1) is 0 Å². The molecule has 0 saturated heterocycles. The standard InChI is InChI=1S/C11H15N3O/c15-10(9-3-6-12-14-9)13-11-4-1-8(7-11)2-5-11/h3,6,8H,1-2,4-5,7H2,(H,12,14)(H,13,15). The third-order valence-electron chi connectivity index (χ3n) is 3.87. The highest BCUT2D eigenvalue weighted by molar-refractivity contribution is 5.92. The molecule has 4 nitrogen and oxygen atoms in total. The first-order chi connectivity index (χ1) is 7.27. The topological polar surface area (TPSA) is 57.8 Å². The van der Waals surface area contributed by atoms with Gasteiger partial charge in [-0.1, -0.05) is 0 Å². The molecule has 0 spiro atoms. The molecule has 1 aromatic heterocycles. The molecule has 1 aromatic rings. The average molecular weight is 205 g/mol. The van der Waals surface area contributed by atoms with Crippen LogP contribution in [0.1, 0.15) is 42.6 Å². The number of aromatic amines is 1. The molecular weight excluding hydrogens is 190 g/mol. The number of nitrogens with zero attached hydrogens (tertiary/aromatic N) is 1. The normalized spacial score (nSPS) is 33.2. The lowest BCUT2D eigenvalue weighted by atomic mass is 9.93. The van der Waals surface area contributed by atoms with Crippen molar-refractivity contribution in [1.82, 2.24) is 15.5 Å². The summed E-state index contributed by atoms with van der Waals surface area (Å²) in [4.78, 5) is 11.9. The van der Waals surface area contributed by atoms with Crippen LogP contribution in [0.5, 0.6) is 0 Å². The smallest absolute Gasteiger partial charge is 0.269 e. The second-order valence-corrected chi connectivity index (χ2v) is 4.85. The van der Waals surface area contributed by atoms with E-state index in [-0.39, 0.29) is 11.4 Å². The van der Waals surface area contributed by atoms with E-state index in [0.29, 0.717) is 5.69 Å². The fraction of sp³-hybridized carbons (Fsp3) is 0.636. The number of rotatable bonds is 2. The number of aromatic nitrogens is 2. The average Bonchev–Trinajstić information content (AvgIpc) is 2.94. The van der Waals surface area contributed by atoms with Gasteiger partial charge < -0.3 is 5.32 Å². The lowest BCUT2D eigenvalue weighted by molar-refractivity contribution is 0.0896. The number of amides is 1. The quantitative estimate of drug-likeness (QED) is 0.768. The number of fused-ring (bicyclic) bond motifs is 2. The van der Waals surface area contributed by atoms with Crippen LogP contribution in [0.4, 0.5) is 0 Å². The molecule has 2 N–H and O–H groups in total. The van der Waals surface area contributed by atoms with Gasteiger partial charge in [0.1, 0.15) is 5.69 Å². The van der Waals surface area contributed by atoms with Crippen LogP contribution in [-0.4, -0.2) is 21.6 Å². The van der Waals surface area contributed by atoms with Crippen molar-refractivity contribution in [3.63, 3.8) is 0 Å². The van der Waals surface area contributed by atoms with Crippen LogP contribution in [0.3, 0.4) is 0 Å². The van der Waals surface area contributed by atoms with Crippen molar-refractivity contribution >= 4 is 5.91 Å². The Kier molecular flexibility index (Phi) is 1.84. The zero-order valence-corrected chi connectivity index (χ0v) is 8.62. The fourth-order valence-electron chi connectivity index (χ4n) is 3.06. The maximum Gasteiger partial charge on any atom is 0.269 e. The van der Waals surface area contributed by atoms with Gasteiger partial charge in [0.15, 0.2) is 0 Å². The predicted octanol–water partition coefficient (Wildman–Crippen LogP) is 1.47. The molecule has 4 heteroatoms. The Balaban J connectivity index is 1.73. The van der Waals surface area contributed by atoms with Gasteiger partial charge in [-0.05, 0) is 44.1 Å². The molecule has 0 atom stereocenters. The first-order valence-electron chi connectivity index (χ1n) is 5.59. The maximum absolute atomic E-state index is 11.9. The highest BCUT2D eigenvalue weighted by Gasteiger charge is 2.45. The van der Waals surface area contributed by atoms with Crippen LogP contribution in [-0.2, 0) is 0 Å². The summed E-state index contributed by atoms with van der Waals surface area (Å²) >= 11 is 0. The first kappa shape index (κ1) is 8.95. The highest BCUT2D eigenvalue weighted by Crippen LogP contribution is 2.47. The first-order valence-corrected chi connectivity index (χ1v) is 5.59. The summed E-state index contributed by atoms with van der Waals surface area (Å²) in [6.45, 7) is 0. The summed E-state index contributed by atoms with van der Waals surface area (Å²) in [5.74, 6) is 0.849. The van der Waals surface area contributed by atoms with Crippen molar-refractivity contribution < 1.29 is 4.79 Å². The number of hydrogen-bond acceptors (Lipinski definition) is 2. The number of H-pyrrole nitrogens is 1.